The quantitative estimate of drug-likeness (QED) is 0.500. The molecule has 0 atom stereocenters. The van der Waals surface area contributed by atoms with E-state index in [0.29, 0.717) is 0 Å². The fourth-order valence-electron chi connectivity index (χ4n) is 0.435. The second-order valence-electron chi connectivity index (χ2n) is 1.98. The van der Waals surface area contributed by atoms with Crippen LogP contribution < -0.4 is 0 Å². The van der Waals surface area contributed by atoms with Crippen LogP contribution >= 0.6 is 11.6 Å². The van der Waals surface area contributed by atoms with E-state index in [1.54, 1.807) is 0 Å². The van der Waals surface area contributed by atoms with Crippen LogP contribution in [-0.2, 0) is 9.84 Å². The van der Waals surface area contributed by atoms with Crippen LogP contribution in [0.25, 0.3) is 0 Å². The zero-order valence-electron chi connectivity index (χ0n) is 6.88. The molecule has 0 aliphatic carbocycles. The van der Waals surface area contributed by atoms with E-state index in [2.05, 4.69) is 0 Å². The van der Waals surface area contributed by atoms with Gasteiger partial charge in [0.2, 0.25) is 10.8 Å². The summed E-state index contributed by atoms with van der Waals surface area (Å²) in [6.07, 6.45) is 0. The Balaban J connectivity index is 0.000000241. The zero-order chi connectivity index (χ0) is 11.0. The van der Waals surface area contributed by atoms with E-state index < -0.39 is 9.84 Å². The fraction of sp³-hybridized carbons (Fsp3) is 0. The molecule has 4 nitrogen and oxygen atoms in total. The lowest BCUT2D eigenvalue weighted by Gasteiger charge is -1.80. The van der Waals surface area contributed by atoms with Crippen LogP contribution in [0, 0.1) is 21.3 Å². The van der Waals surface area contributed by atoms with Crippen LogP contribution in [0.2, 0.25) is 5.02 Å². The summed E-state index contributed by atoms with van der Waals surface area (Å²) < 4.78 is 19.3. The first kappa shape index (κ1) is 12.4. The van der Waals surface area contributed by atoms with E-state index in [0.717, 1.165) is 15.8 Å². The Kier molecular flexibility index (Phi) is 5.31. The van der Waals surface area contributed by atoms with Crippen molar-refractivity contribution in [1.82, 2.24) is 0 Å². The molecule has 1 aromatic carbocycles. The molecule has 0 heterocycles. The van der Waals surface area contributed by atoms with Crippen molar-refractivity contribution in [2.75, 3.05) is 0 Å². The topological polar surface area (TPSA) is 81.7 Å². The number of nitrogens with zero attached hydrogens (tertiary/aromatic N) is 2. The maximum Gasteiger partial charge on any atom is 0.333 e. The summed E-state index contributed by atoms with van der Waals surface area (Å²) in [7, 11) is -4.05. The highest BCUT2D eigenvalue weighted by molar-refractivity contribution is 8.00. The third-order valence-corrected chi connectivity index (χ3v) is 1.71. The van der Waals surface area contributed by atoms with Crippen molar-refractivity contribution in [3.8, 4) is 10.8 Å². The summed E-state index contributed by atoms with van der Waals surface area (Å²) in [4.78, 5) is 0. The molecule has 0 saturated heterocycles. The summed E-state index contributed by atoms with van der Waals surface area (Å²) in [5.41, 5.74) is 0. The van der Waals surface area contributed by atoms with Crippen LogP contribution in [0.5, 0.6) is 0 Å². The number of sulfone groups is 1. The number of benzene rings is 1. The van der Waals surface area contributed by atoms with Crippen molar-refractivity contribution < 1.29 is 8.42 Å². The van der Waals surface area contributed by atoms with E-state index in [-0.39, 0.29) is 0 Å². The summed E-state index contributed by atoms with van der Waals surface area (Å²) >= 11 is 5.54. The monoisotopic (exact) mass is 228 g/mol. The van der Waals surface area contributed by atoms with Crippen molar-refractivity contribution in [3.63, 3.8) is 0 Å². The van der Waals surface area contributed by atoms with Crippen LogP contribution in [0.3, 0.4) is 0 Å². The SMILES string of the molecule is Clc1ccccc1.N#CS(=O)(=O)C#N. The third-order valence-electron chi connectivity index (χ3n) is 0.973. The molecule has 72 valence electrons. The van der Waals surface area contributed by atoms with E-state index in [9.17, 15) is 8.42 Å². The third kappa shape index (κ3) is 6.01. The van der Waals surface area contributed by atoms with E-state index >= 15 is 0 Å². The van der Waals surface area contributed by atoms with E-state index in [1.165, 1.54) is 0 Å². The number of hydrogen-bond donors (Lipinski definition) is 0. The summed E-state index contributed by atoms with van der Waals surface area (Å²) in [6, 6.07) is 9.44. The average Bonchev–Trinajstić information content (AvgIpc) is 2.20. The van der Waals surface area contributed by atoms with Crippen LogP contribution in [-0.4, -0.2) is 8.42 Å². The Bertz CT molecular complexity index is 436. The number of hydrogen-bond acceptors (Lipinski definition) is 4. The number of rotatable bonds is 0. The van der Waals surface area contributed by atoms with Gasteiger partial charge in [-0.25, -0.2) is 0 Å². The Morgan fingerprint density at radius 1 is 1.07 bits per heavy atom. The molecule has 1 aromatic rings. The predicted molar refractivity (Wildman–Crippen MR) is 51.6 cm³/mol. The van der Waals surface area contributed by atoms with Crippen molar-refractivity contribution in [3.05, 3.63) is 35.4 Å². The molecule has 0 unspecified atom stereocenters. The minimum atomic E-state index is -4.05. The first-order valence-corrected chi connectivity index (χ1v) is 5.15. The predicted octanol–water partition coefficient (Wildman–Crippen LogP) is 1.70. The Morgan fingerprint density at radius 2 is 1.50 bits per heavy atom. The number of nitriles is 2. The Labute approximate surface area is 86.9 Å². The molecule has 0 bridgehead atoms. The van der Waals surface area contributed by atoms with Gasteiger partial charge in [-0.2, -0.15) is 18.9 Å². The van der Waals surface area contributed by atoms with Gasteiger partial charge in [-0.1, -0.05) is 29.8 Å². The Hall–Kier alpha value is -1.56. The van der Waals surface area contributed by atoms with Crippen LogP contribution in [0.15, 0.2) is 30.3 Å². The van der Waals surface area contributed by atoms with Crippen LogP contribution in [0.4, 0.5) is 0 Å². The number of thiocyanates is 2. The van der Waals surface area contributed by atoms with Crippen molar-refractivity contribution in [1.29, 1.82) is 10.5 Å². The molecule has 0 saturated carbocycles. The molecule has 0 aliphatic heterocycles. The summed E-state index contributed by atoms with van der Waals surface area (Å²) in [5, 5.41) is 17.5. The van der Waals surface area contributed by atoms with Gasteiger partial charge in [-0.05, 0) is 12.1 Å². The van der Waals surface area contributed by atoms with Gasteiger partial charge >= 0.3 is 9.84 Å². The first-order valence-electron chi connectivity index (χ1n) is 3.29. The maximum absolute atomic E-state index is 9.65. The lowest BCUT2D eigenvalue weighted by molar-refractivity contribution is 0.614. The number of halogens is 1. The van der Waals surface area contributed by atoms with Crippen molar-refractivity contribution in [2.24, 2.45) is 0 Å². The molecule has 0 fully saturated rings. The minimum absolute atomic E-state index is 0.794. The molecule has 14 heavy (non-hydrogen) atoms. The average molecular weight is 229 g/mol. The summed E-state index contributed by atoms with van der Waals surface area (Å²) in [6.45, 7) is 0. The summed E-state index contributed by atoms with van der Waals surface area (Å²) in [5.74, 6) is 0. The molecule has 0 N–H and O–H groups in total. The largest absolute Gasteiger partial charge is 0.333 e. The van der Waals surface area contributed by atoms with Gasteiger partial charge in [-0.3, -0.25) is 0 Å². The van der Waals surface area contributed by atoms with Gasteiger partial charge in [0.05, 0.1) is 0 Å². The molecule has 0 aliphatic rings. The Morgan fingerprint density at radius 3 is 1.64 bits per heavy atom. The smallest absolute Gasteiger partial charge is 0.197 e. The van der Waals surface area contributed by atoms with Gasteiger partial charge in [0.25, 0.3) is 0 Å². The molecule has 0 radical (unpaired) electrons. The lowest BCUT2D eigenvalue weighted by atomic mass is 10.4. The van der Waals surface area contributed by atoms with Crippen molar-refractivity contribution >= 4 is 21.4 Å². The molecule has 1 rings (SSSR count). The molecule has 0 aromatic heterocycles. The molecule has 6 heteroatoms. The van der Waals surface area contributed by atoms with Gasteiger partial charge < -0.3 is 0 Å². The fourth-order valence-corrected chi connectivity index (χ4v) is 0.621. The normalized spacial score (nSPS) is 8.79. The minimum Gasteiger partial charge on any atom is -0.197 e. The standard InChI is InChI=1S/C6H5Cl.C2N2O2S/c7-6-4-2-1-3-5-6;3-1-7(5,6)2-4/h1-5H;. The second kappa shape index (κ2) is 5.98. The van der Waals surface area contributed by atoms with Crippen molar-refractivity contribution in [2.45, 2.75) is 0 Å². The maximum atomic E-state index is 9.65. The van der Waals surface area contributed by atoms with Crippen LogP contribution in [0.1, 0.15) is 0 Å². The first-order chi connectivity index (χ1) is 6.52. The highest BCUT2D eigenvalue weighted by atomic mass is 35.5. The van der Waals surface area contributed by atoms with Gasteiger partial charge in [0.1, 0.15) is 0 Å². The van der Waals surface area contributed by atoms with Gasteiger partial charge in [-0.15, -0.1) is 0 Å². The molecular weight excluding hydrogens is 224 g/mol. The van der Waals surface area contributed by atoms with E-state index in [1.807, 2.05) is 30.3 Å². The molecule has 0 amide bonds. The molecular formula is C8H5ClN2O2S. The molecule has 0 spiro atoms. The lowest BCUT2D eigenvalue weighted by Crippen LogP contribution is -1.85. The highest BCUT2D eigenvalue weighted by Gasteiger charge is 2.01. The zero-order valence-corrected chi connectivity index (χ0v) is 8.46. The highest BCUT2D eigenvalue weighted by Crippen LogP contribution is 2.03. The second-order valence-corrected chi connectivity index (χ2v) is 3.79. The van der Waals surface area contributed by atoms with Gasteiger partial charge in [0, 0.05) is 5.02 Å². The van der Waals surface area contributed by atoms with E-state index in [4.69, 9.17) is 22.1 Å². The van der Waals surface area contributed by atoms with Gasteiger partial charge in [0.15, 0.2) is 0 Å².